The normalized spacial score (nSPS) is 11.7. The minimum absolute atomic E-state index is 0.00186. The third kappa shape index (κ3) is 3.48. The van der Waals surface area contributed by atoms with E-state index in [1.807, 2.05) is 6.07 Å². The van der Waals surface area contributed by atoms with Gasteiger partial charge in [0.15, 0.2) is 0 Å². The van der Waals surface area contributed by atoms with Crippen LogP contribution in [0.4, 0.5) is 5.69 Å². The summed E-state index contributed by atoms with van der Waals surface area (Å²) in [7, 11) is 0. The average Bonchev–Trinajstić information content (AvgIpc) is 2.49. The largest absolute Gasteiger partial charge is 0.478 e. The maximum absolute atomic E-state index is 12.2. The van der Waals surface area contributed by atoms with Crippen LogP contribution in [0.2, 0.25) is 0 Å². The highest BCUT2D eigenvalue weighted by atomic mass is 79.9. The van der Waals surface area contributed by atoms with E-state index in [9.17, 15) is 9.59 Å². The van der Waals surface area contributed by atoms with Crippen LogP contribution >= 0.6 is 15.9 Å². The SMILES string of the molecule is N[C@@H](C(=O)Nc1c(Br)cccc1C(=O)O)c1ccccc1. The zero-order chi connectivity index (χ0) is 15.4. The van der Waals surface area contributed by atoms with Gasteiger partial charge in [-0.1, -0.05) is 36.4 Å². The van der Waals surface area contributed by atoms with E-state index in [1.165, 1.54) is 6.07 Å². The van der Waals surface area contributed by atoms with Crippen molar-refractivity contribution in [2.45, 2.75) is 6.04 Å². The number of anilines is 1. The van der Waals surface area contributed by atoms with Crippen molar-refractivity contribution >= 4 is 33.5 Å². The molecule has 4 N–H and O–H groups in total. The van der Waals surface area contributed by atoms with E-state index in [-0.39, 0.29) is 11.3 Å². The molecule has 1 amide bonds. The number of halogens is 1. The van der Waals surface area contributed by atoms with Crippen molar-refractivity contribution < 1.29 is 14.7 Å². The number of hydrogen-bond acceptors (Lipinski definition) is 3. The molecule has 2 aromatic carbocycles. The molecule has 2 rings (SSSR count). The number of amides is 1. The van der Waals surface area contributed by atoms with E-state index in [0.717, 1.165) is 0 Å². The van der Waals surface area contributed by atoms with Crippen LogP contribution in [0, 0.1) is 0 Å². The lowest BCUT2D eigenvalue weighted by atomic mass is 10.1. The molecule has 0 fully saturated rings. The Bertz CT molecular complexity index is 674. The van der Waals surface area contributed by atoms with Crippen molar-refractivity contribution in [3.05, 3.63) is 64.1 Å². The fraction of sp³-hybridized carbons (Fsp3) is 0.0667. The number of rotatable bonds is 4. The molecule has 1 atom stereocenters. The minimum Gasteiger partial charge on any atom is -0.478 e. The molecular weight excluding hydrogens is 336 g/mol. The first-order valence-corrected chi connectivity index (χ1v) is 6.93. The summed E-state index contributed by atoms with van der Waals surface area (Å²) >= 11 is 3.23. The lowest BCUT2D eigenvalue weighted by Gasteiger charge is -2.15. The molecule has 0 saturated carbocycles. The third-order valence-corrected chi connectivity index (χ3v) is 3.59. The Kier molecular flexibility index (Phi) is 4.72. The number of carboxylic acid groups (broad SMARTS) is 1. The van der Waals surface area contributed by atoms with Crippen LogP contribution in [0.5, 0.6) is 0 Å². The highest BCUT2D eigenvalue weighted by Gasteiger charge is 2.20. The monoisotopic (exact) mass is 348 g/mol. The van der Waals surface area contributed by atoms with Gasteiger partial charge in [0.05, 0.1) is 11.3 Å². The number of nitrogens with one attached hydrogen (secondary N) is 1. The van der Waals surface area contributed by atoms with Crippen molar-refractivity contribution in [3.63, 3.8) is 0 Å². The summed E-state index contributed by atoms with van der Waals surface area (Å²) in [6.07, 6.45) is 0. The molecule has 0 radical (unpaired) electrons. The van der Waals surface area contributed by atoms with Gasteiger partial charge in [-0.2, -0.15) is 0 Å². The topological polar surface area (TPSA) is 92.4 Å². The van der Waals surface area contributed by atoms with Gasteiger partial charge in [0, 0.05) is 4.47 Å². The van der Waals surface area contributed by atoms with Crippen molar-refractivity contribution in [2.24, 2.45) is 5.73 Å². The summed E-state index contributed by atoms with van der Waals surface area (Å²) in [6, 6.07) is 12.6. The fourth-order valence-electron chi connectivity index (χ4n) is 1.84. The Morgan fingerprint density at radius 1 is 1.10 bits per heavy atom. The van der Waals surface area contributed by atoms with Crippen LogP contribution in [0.15, 0.2) is 53.0 Å². The van der Waals surface area contributed by atoms with Gasteiger partial charge in [-0.25, -0.2) is 4.79 Å². The molecule has 0 heterocycles. The number of hydrogen-bond donors (Lipinski definition) is 3. The number of nitrogens with two attached hydrogens (primary N) is 1. The van der Waals surface area contributed by atoms with Crippen molar-refractivity contribution in [1.29, 1.82) is 0 Å². The summed E-state index contributed by atoms with van der Waals surface area (Å²) < 4.78 is 0.482. The van der Waals surface area contributed by atoms with Crippen LogP contribution < -0.4 is 11.1 Å². The van der Waals surface area contributed by atoms with Crippen LogP contribution in [-0.4, -0.2) is 17.0 Å². The van der Waals surface area contributed by atoms with Crippen LogP contribution in [0.1, 0.15) is 22.0 Å². The maximum atomic E-state index is 12.2. The van der Waals surface area contributed by atoms with Gasteiger partial charge in [-0.15, -0.1) is 0 Å². The molecule has 108 valence electrons. The molecular formula is C15H13BrN2O3. The Labute approximate surface area is 129 Å². The first kappa shape index (κ1) is 15.2. The van der Waals surface area contributed by atoms with Gasteiger partial charge in [0.1, 0.15) is 6.04 Å². The van der Waals surface area contributed by atoms with Crippen molar-refractivity contribution in [1.82, 2.24) is 0 Å². The number of carbonyl (C=O) groups is 2. The van der Waals surface area contributed by atoms with Crippen molar-refractivity contribution in [2.75, 3.05) is 5.32 Å². The highest BCUT2D eigenvalue weighted by Crippen LogP contribution is 2.27. The van der Waals surface area contributed by atoms with E-state index >= 15 is 0 Å². The first-order chi connectivity index (χ1) is 10.0. The molecule has 0 aliphatic carbocycles. The van der Waals surface area contributed by atoms with Gasteiger partial charge in [-0.3, -0.25) is 4.79 Å². The lowest BCUT2D eigenvalue weighted by molar-refractivity contribution is -0.117. The molecule has 0 spiro atoms. The zero-order valence-corrected chi connectivity index (χ0v) is 12.5. The van der Waals surface area contributed by atoms with Gasteiger partial charge in [0.25, 0.3) is 0 Å². The van der Waals surface area contributed by atoms with E-state index in [2.05, 4.69) is 21.2 Å². The average molecular weight is 349 g/mol. The minimum atomic E-state index is -1.13. The molecule has 0 saturated heterocycles. The highest BCUT2D eigenvalue weighted by molar-refractivity contribution is 9.10. The standard InChI is InChI=1S/C15H13BrN2O3/c16-11-8-4-7-10(15(20)21)13(11)18-14(19)12(17)9-5-2-1-3-6-9/h1-8,12H,17H2,(H,18,19)(H,20,21)/t12-/m1/s1. The Morgan fingerprint density at radius 3 is 2.38 bits per heavy atom. The molecule has 0 unspecified atom stereocenters. The quantitative estimate of drug-likeness (QED) is 0.791. The molecule has 5 nitrogen and oxygen atoms in total. The zero-order valence-electron chi connectivity index (χ0n) is 10.9. The Hall–Kier alpha value is -2.18. The number of carboxylic acids is 1. The van der Waals surface area contributed by atoms with Crippen molar-refractivity contribution in [3.8, 4) is 0 Å². The summed E-state index contributed by atoms with van der Waals surface area (Å²) in [5.41, 5.74) is 6.73. The van der Waals surface area contributed by atoms with E-state index in [4.69, 9.17) is 10.8 Å². The smallest absolute Gasteiger partial charge is 0.337 e. The van der Waals surface area contributed by atoms with Gasteiger partial charge >= 0.3 is 5.97 Å². The number of carbonyl (C=O) groups excluding carboxylic acids is 1. The second-order valence-corrected chi connectivity index (χ2v) is 5.20. The van der Waals surface area contributed by atoms with E-state index in [1.54, 1.807) is 36.4 Å². The molecule has 2 aromatic rings. The van der Waals surface area contributed by atoms with Gasteiger partial charge < -0.3 is 16.2 Å². The Morgan fingerprint density at radius 2 is 1.76 bits per heavy atom. The molecule has 0 aliphatic heterocycles. The fourth-order valence-corrected chi connectivity index (χ4v) is 2.31. The van der Waals surface area contributed by atoms with E-state index < -0.39 is 17.9 Å². The van der Waals surface area contributed by atoms with Crippen LogP contribution in [0.3, 0.4) is 0 Å². The molecule has 0 bridgehead atoms. The molecule has 6 heteroatoms. The summed E-state index contributed by atoms with van der Waals surface area (Å²) in [5, 5.41) is 11.7. The van der Waals surface area contributed by atoms with Crippen LogP contribution in [0.25, 0.3) is 0 Å². The molecule has 21 heavy (non-hydrogen) atoms. The van der Waals surface area contributed by atoms with Gasteiger partial charge in [-0.05, 0) is 33.6 Å². The lowest BCUT2D eigenvalue weighted by Crippen LogP contribution is -2.28. The predicted molar refractivity (Wildman–Crippen MR) is 83.1 cm³/mol. The number of aromatic carboxylic acids is 1. The molecule has 0 aliphatic rings. The third-order valence-electron chi connectivity index (χ3n) is 2.93. The number of benzene rings is 2. The summed E-state index contributed by atoms with van der Waals surface area (Å²) in [6.45, 7) is 0. The molecule has 0 aromatic heterocycles. The maximum Gasteiger partial charge on any atom is 0.337 e. The van der Waals surface area contributed by atoms with E-state index in [0.29, 0.717) is 10.0 Å². The van der Waals surface area contributed by atoms with Crippen LogP contribution in [-0.2, 0) is 4.79 Å². The second-order valence-electron chi connectivity index (χ2n) is 4.35. The first-order valence-electron chi connectivity index (χ1n) is 6.14. The second kappa shape index (κ2) is 6.51. The summed E-state index contributed by atoms with van der Waals surface area (Å²) in [5.74, 6) is -1.60. The number of para-hydroxylation sites is 1. The van der Waals surface area contributed by atoms with Gasteiger partial charge in [0.2, 0.25) is 5.91 Å². The summed E-state index contributed by atoms with van der Waals surface area (Å²) in [4.78, 5) is 23.4. The Balaban J connectivity index is 2.26. The predicted octanol–water partition coefficient (Wildman–Crippen LogP) is 2.79.